The molecule has 0 atom stereocenters. The number of carbonyl (C=O) groups is 2. The number of hydrogen-bond donors (Lipinski definition) is 2. The molecule has 70 valence electrons. The average molecular weight is 173 g/mol. The predicted octanol–water partition coefficient (Wildman–Crippen LogP) is -1.46. The van der Waals surface area contributed by atoms with Crippen LogP contribution < -0.4 is 11.1 Å². The van der Waals surface area contributed by atoms with Gasteiger partial charge in [0, 0.05) is 27.1 Å². The van der Waals surface area contributed by atoms with Crippen molar-refractivity contribution in [2.24, 2.45) is 5.73 Å². The average Bonchev–Trinajstić information content (AvgIpc) is 2.04. The minimum absolute atomic E-state index is 0.0926. The van der Waals surface area contributed by atoms with Crippen LogP contribution in [-0.2, 0) is 9.59 Å². The van der Waals surface area contributed by atoms with Crippen LogP contribution in [0.5, 0.6) is 0 Å². The highest BCUT2D eigenvalue weighted by molar-refractivity contribution is 5.84. The van der Waals surface area contributed by atoms with Crippen molar-refractivity contribution in [3.8, 4) is 0 Å². The Bertz CT molecular complexity index is 170. The van der Waals surface area contributed by atoms with Crippen LogP contribution in [-0.4, -0.2) is 43.9 Å². The fourth-order valence-electron chi connectivity index (χ4n) is 0.697. The van der Waals surface area contributed by atoms with Crippen LogP contribution in [0.15, 0.2) is 0 Å². The maximum atomic E-state index is 11.1. The molecule has 3 N–H and O–H groups in total. The van der Waals surface area contributed by atoms with E-state index in [-0.39, 0.29) is 24.8 Å². The summed E-state index contributed by atoms with van der Waals surface area (Å²) in [6, 6.07) is 0. The second-order valence-corrected chi connectivity index (χ2v) is 2.46. The Morgan fingerprint density at radius 2 is 2.08 bits per heavy atom. The molecule has 0 bridgehead atoms. The Kier molecular flexibility index (Phi) is 5.03. The first-order chi connectivity index (χ1) is 5.61. The van der Waals surface area contributed by atoms with Crippen molar-refractivity contribution < 1.29 is 9.59 Å². The SMILES string of the molecule is CNC(=O)CN(C)C(=O)CCN. The van der Waals surface area contributed by atoms with Crippen LogP contribution in [0.3, 0.4) is 0 Å². The molecule has 0 aromatic heterocycles. The first kappa shape index (κ1) is 10.9. The summed E-state index contributed by atoms with van der Waals surface area (Å²) in [4.78, 5) is 23.2. The number of carbonyl (C=O) groups excluding carboxylic acids is 2. The van der Waals surface area contributed by atoms with Gasteiger partial charge < -0.3 is 16.0 Å². The van der Waals surface area contributed by atoms with E-state index in [0.29, 0.717) is 6.54 Å². The Labute approximate surface area is 71.9 Å². The molecule has 0 heterocycles. The van der Waals surface area contributed by atoms with Crippen LogP contribution >= 0.6 is 0 Å². The number of likely N-dealkylation sites (N-methyl/N-ethyl adjacent to an activating group) is 2. The van der Waals surface area contributed by atoms with Gasteiger partial charge in [-0.1, -0.05) is 0 Å². The van der Waals surface area contributed by atoms with Crippen molar-refractivity contribution in [2.45, 2.75) is 6.42 Å². The molecule has 0 aliphatic heterocycles. The number of rotatable bonds is 4. The molecule has 0 aliphatic carbocycles. The number of hydrogen-bond acceptors (Lipinski definition) is 3. The summed E-state index contributed by atoms with van der Waals surface area (Å²) in [5.41, 5.74) is 5.18. The van der Waals surface area contributed by atoms with Crippen molar-refractivity contribution in [3.05, 3.63) is 0 Å². The van der Waals surface area contributed by atoms with Crippen molar-refractivity contribution in [1.29, 1.82) is 0 Å². The zero-order chi connectivity index (χ0) is 9.56. The Morgan fingerprint density at radius 1 is 1.50 bits per heavy atom. The zero-order valence-corrected chi connectivity index (χ0v) is 7.46. The molecule has 0 saturated carbocycles. The molecule has 0 aromatic carbocycles. The molecule has 0 aliphatic rings. The molecule has 0 saturated heterocycles. The van der Waals surface area contributed by atoms with Gasteiger partial charge in [-0.25, -0.2) is 0 Å². The quantitative estimate of drug-likeness (QED) is 0.545. The molecule has 0 unspecified atom stereocenters. The highest BCUT2D eigenvalue weighted by Crippen LogP contribution is 1.87. The van der Waals surface area contributed by atoms with E-state index < -0.39 is 0 Å². The second kappa shape index (κ2) is 5.54. The van der Waals surface area contributed by atoms with E-state index in [9.17, 15) is 9.59 Å². The summed E-state index contributed by atoms with van der Waals surface area (Å²) in [7, 11) is 3.11. The number of nitrogens with two attached hydrogens (primary N) is 1. The van der Waals surface area contributed by atoms with Gasteiger partial charge in [0.2, 0.25) is 11.8 Å². The fourth-order valence-corrected chi connectivity index (χ4v) is 0.697. The lowest BCUT2D eigenvalue weighted by atomic mass is 10.3. The largest absolute Gasteiger partial charge is 0.358 e. The lowest BCUT2D eigenvalue weighted by Gasteiger charge is -2.15. The summed E-state index contributed by atoms with van der Waals surface area (Å²) in [6.07, 6.45) is 0.285. The standard InChI is InChI=1S/C7H15N3O2/c1-9-6(11)5-10(2)7(12)3-4-8/h3-5,8H2,1-2H3,(H,9,11). The van der Waals surface area contributed by atoms with Crippen LogP contribution in [0.25, 0.3) is 0 Å². The van der Waals surface area contributed by atoms with E-state index >= 15 is 0 Å². The Balaban J connectivity index is 3.78. The maximum Gasteiger partial charge on any atom is 0.239 e. The summed E-state index contributed by atoms with van der Waals surface area (Å²) in [5.74, 6) is -0.288. The predicted molar refractivity (Wildman–Crippen MR) is 45.4 cm³/mol. The summed E-state index contributed by atoms with van der Waals surface area (Å²) < 4.78 is 0. The van der Waals surface area contributed by atoms with E-state index in [0.717, 1.165) is 0 Å². The molecular weight excluding hydrogens is 158 g/mol. The first-order valence-electron chi connectivity index (χ1n) is 3.76. The molecule has 0 radical (unpaired) electrons. The monoisotopic (exact) mass is 173 g/mol. The number of amides is 2. The Morgan fingerprint density at radius 3 is 2.50 bits per heavy atom. The first-order valence-corrected chi connectivity index (χ1v) is 3.76. The van der Waals surface area contributed by atoms with E-state index in [4.69, 9.17) is 5.73 Å². The molecule has 5 heteroatoms. The topological polar surface area (TPSA) is 75.4 Å². The summed E-state index contributed by atoms with van der Waals surface area (Å²) in [6.45, 7) is 0.409. The van der Waals surface area contributed by atoms with Crippen molar-refractivity contribution in [1.82, 2.24) is 10.2 Å². The van der Waals surface area contributed by atoms with Gasteiger partial charge in [-0.15, -0.1) is 0 Å². The molecular formula is C7H15N3O2. The molecule has 5 nitrogen and oxygen atoms in total. The van der Waals surface area contributed by atoms with Gasteiger partial charge in [0.05, 0.1) is 6.54 Å². The van der Waals surface area contributed by atoms with Crippen molar-refractivity contribution >= 4 is 11.8 Å². The third kappa shape index (κ3) is 3.92. The van der Waals surface area contributed by atoms with E-state index in [1.165, 1.54) is 11.9 Å². The van der Waals surface area contributed by atoms with Gasteiger partial charge in [-0.05, 0) is 0 Å². The molecule has 0 aromatic rings. The highest BCUT2D eigenvalue weighted by atomic mass is 16.2. The van der Waals surface area contributed by atoms with Gasteiger partial charge >= 0.3 is 0 Å². The highest BCUT2D eigenvalue weighted by Gasteiger charge is 2.09. The lowest BCUT2D eigenvalue weighted by molar-refractivity contribution is -0.134. The third-order valence-electron chi connectivity index (χ3n) is 1.44. The fraction of sp³-hybridized carbons (Fsp3) is 0.714. The normalized spacial score (nSPS) is 9.25. The lowest BCUT2D eigenvalue weighted by Crippen LogP contribution is -2.37. The van der Waals surface area contributed by atoms with Crippen LogP contribution in [0, 0.1) is 0 Å². The van der Waals surface area contributed by atoms with E-state index in [1.807, 2.05) is 0 Å². The minimum Gasteiger partial charge on any atom is -0.358 e. The van der Waals surface area contributed by atoms with Gasteiger partial charge in [0.25, 0.3) is 0 Å². The van der Waals surface area contributed by atoms with Crippen LogP contribution in [0.1, 0.15) is 6.42 Å². The van der Waals surface area contributed by atoms with Gasteiger partial charge in [-0.2, -0.15) is 0 Å². The number of nitrogens with zero attached hydrogens (tertiary/aromatic N) is 1. The molecule has 0 spiro atoms. The summed E-state index contributed by atoms with van der Waals surface area (Å²) in [5, 5.41) is 2.43. The van der Waals surface area contributed by atoms with Crippen LogP contribution in [0.4, 0.5) is 0 Å². The zero-order valence-electron chi connectivity index (χ0n) is 7.46. The summed E-state index contributed by atoms with van der Waals surface area (Å²) >= 11 is 0. The van der Waals surface area contributed by atoms with Crippen LogP contribution in [0.2, 0.25) is 0 Å². The Hall–Kier alpha value is -1.10. The molecule has 0 rings (SSSR count). The van der Waals surface area contributed by atoms with Crippen molar-refractivity contribution in [3.63, 3.8) is 0 Å². The maximum absolute atomic E-state index is 11.1. The number of nitrogens with one attached hydrogen (secondary N) is 1. The molecule has 2 amide bonds. The second-order valence-electron chi connectivity index (χ2n) is 2.46. The van der Waals surface area contributed by atoms with Gasteiger partial charge in [0.15, 0.2) is 0 Å². The molecule has 12 heavy (non-hydrogen) atoms. The van der Waals surface area contributed by atoms with Gasteiger partial charge in [-0.3, -0.25) is 9.59 Å². The molecule has 0 fully saturated rings. The third-order valence-corrected chi connectivity index (χ3v) is 1.44. The smallest absolute Gasteiger partial charge is 0.239 e. The van der Waals surface area contributed by atoms with Crippen molar-refractivity contribution in [2.75, 3.05) is 27.2 Å². The van der Waals surface area contributed by atoms with Gasteiger partial charge in [0.1, 0.15) is 0 Å². The minimum atomic E-state index is -0.178. The van der Waals surface area contributed by atoms with E-state index in [2.05, 4.69) is 5.32 Å². The van der Waals surface area contributed by atoms with E-state index in [1.54, 1.807) is 7.05 Å².